The van der Waals surface area contributed by atoms with Gasteiger partial charge in [0.1, 0.15) is 5.82 Å². The molecule has 2 N–H and O–H groups in total. The van der Waals surface area contributed by atoms with Gasteiger partial charge in [-0.15, -0.1) is 10.2 Å². The van der Waals surface area contributed by atoms with E-state index in [1.807, 2.05) is 13.8 Å². The Balaban J connectivity index is 1.81. The molecule has 0 fully saturated rings. The van der Waals surface area contributed by atoms with Crippen LogP contribution in [0, 0.1) is 0 Å². The summed E-state index contributed by atoms with van der Waals surface area (Å²) in [5, 5.41) is 10.9. The highest BCUT2D eigenvalue weighted by atomic mass is 32.2. The molecule has 2 aromatic rings. The Labute approximate surface area is 146 Å². The minimum Gasteiger partial charge on any atom is -0.366 e. The highest BCUT2D eigenvalue weighted by molar-refractivity contribution is 7.92. The summed E-state index contributed by atoms with van der Waals surface area (Å²) in [6, 6.07) is 8.01. The molecule has 9 heteroatoms. The molecule has 25 heavy (non-hydrogen) atoms. The van der Waals surface area contributed by atoms with Crippen LogP contribution in [0.15, 0.2) is 35.2 Å². The van der Waals surface area contributed by atoms with Crippen LogP contribution < -0.4 is 14.9 Å². The van der Waals surface area contributed by atoms with E-state index in [-0.39, 0.29) is 29.1 Å². The minimum absolute atomic E-state index is 0.0587. The van der Waals surface area contributed by atoms with Crippen molar-refractivity contribution in [1.82, 2.24) is 10.2 Å². The Kier molecular flexibility index (Phi) is 4.34. The van der Waals surface area contributed by atoms with E-state index in [4.69, 9.17) is 0 Å². The molecule has 1 aliphatic heterocycles. The van der Waals surface area contributed by atoms with Crippen LogP contribution in [-0.4, -0.2) is 37.6 Å². The maximum absolute atomic E-state index is 12.5. The van der Waals surface area contributed by atoms with E-state index < -0.39 is 10.0 Å². The van der Waals surface area contributed by atoms with Gasteiger partial charge in [0.2, 0.25) is 5.91 Å². The number of fused-ring (bicyclic) bond motifs is 1. The van der Waals surface area contributed by atoms with Crippen LogP contribution in [0.4, 0.5) is 17.3 Å². The number of nitrogens with one attached hydrogen (secondary N) is 2. The van der Waals surface area contributed by atoms with Crippen LogP contribution in [0.3, 0.4) is 0 Å². The van der Waals surface area contributed by atoms with Crippen LogP contribution >= 0.6 is 0 Å². The molecule has 0 radical (unpaired) electrons. The smallest absolute Gasteiger partial charge is 0.263 e. The van der Waals surface area contributed by atoms with E-state index in [0.717, 1.165) is 5.69 Å². The highest BCUT2D eigenvalue weighted by Crippen LogP contribution is 2.30. The fourth-order valence-corrected chi connectivity index (χ4v) is 3.62. The zero-order valence-corrected chi connectivity index (χ0v) is 15.0. The SMILES string of the molecule is CC(C)Nc1ccc(NS(=O)(=O)c2ccc3c(c2)CC(=O)N3C)nn1. The van der Waals surface area contributed by atoms with Gasteiger partial charge in [0.25, 0.3) is 10.0 Å². The van der Waals surface area contributed by atoms with Crippen molar-refractivity contribution in [3.8, 4) is 0 Å². The standard InChI is InChI=1S/C16H19N5O3S/c1-10(2)17-14-6-7-15(19-18-14)20-25(23,24)12-4-5-13-11(8-12)9-16(22)21(13)3/h4-8,10H,9H2,1-3H3,(H,17,18)(H,19,20). The second-order valence-corrected chi connectivity index (χ2v) is 7.81. The summed E-state index contributed by atoms with van der Waals surface area (Å²) in [4.78, 5) is 13.3. The first-order chi connectivity index (χ1) is 11.8. The quantitative estimate of drug-likeness (QED) is 0.838. The van der Waals surface area contributed by atoms with Crippen LogP contribution in [0.5, 0.6) is 0 Å². The lowest BCUT2D eigenvalue weighted by molar-refractivity contribution is -0.117. The van der Waals surface area contributed by atoms with Gasteiger partial charge in [0.15, 0.2) is 5.82 Å². The Bertz CT molecular complexity index is 910. The van der Waals surface area contributed by atoms with Gasteiger partial charge < -0.3 is 10.2 Å². The summed E-state index contributed by atoms with van der Waals surface area (Å²) in [6.45, 7) is 3.93. The molecule has 0 unspecified atom stereocenters. The van der Waals surface area contributed by atoms with E-state index in [9.17, 15) is 13.2 Å². The van der Waals surface area contributed by atoms with E-state index in [0.29, 0.717) is 11.4 Å². The first-order valence-corrected chi connectivity index (χ1v) is 9.27. The summed E-state index contributed by atoms with van der Waals surface area (Å²) in [6.07, 6.45) is 0.199. The number of amides is 1. The number of carbonyl (C=O) groups excluding carboxylic acids is 1. The third kappa shape index (κ3) is 3.55. The van der Waals surface area contributed by atoms with Gasteiger partial charge in [0.05, 0.1) is 11.3 Å². The van der Waals surface area contributed by atoms with Crippen molar-refractivity contribution in [1.29, 1.82) is 0 Å². The third-order valence-corrected chi connectivity index (χ3v) is 5.13. The fraction of sp³-hybridized carbons (Fsp3) is 0.312. The number of rotatable bonds is 5. The second-order valence-electron chi connectivity index (χ2n) is 6.13. The lowest BCUT2D eigenvalue weighted by Crippen LogP contribution is -2.20. The first kappa shape index (κ1) is 17.2. The zero-order chi connectivity index (χ0) is 18.2. The summed E-state index contributed by atoms with van der Waals surface area (Å²) in [5.74, 6) is 0.636. The highest BCUT2D eigenvalue weighted by Gasteiger charge is 2.26. The first-order valence-electron chi connectivity index (χ1n) is 7.79. The Morgan fingerprint density at radius 2 is 1.80 bits per heavy atom. The number of sulfonamides is 1. The summed E-state index contributed by atoms with van der Waals surface area (Å²) < 4.78 is 27.5. The minimum atomic E-state index is -3.81. The maximum Gasteiger partial charge on any atom is 0.263 e. The normalized spacial score (nSPS) is 13.9. The van der Waals surface area contributed by atoms with E-state index in [1.54, 1.807) is 25.2 Å². The van der Waals surface area contributed by atoms with Crippen LogP contribution in [-0.2, 0) is 21.2 Å². The van der Waals surface area contributed by atoms with E-state index in [2.05, 4.69) is 20.2 Å². The molecule has 0 aliphatic carbocycles. The number of likely N-dealkylation sites (N-methyl/N-ethyl adjacent to an activating group) is 1. The number of anilines is 3. The third-order valence-electron chi connectivity index (χ3n) is 3.78. The van der Waals surface area contributed by atoms with Crippen molar-refractivity contribution < 1.29 is 13.2 Å². The number of aromatic nitrogens is 2. The van der Waals surface area contributed by atoms with Crippen LogP contribution in [0.25, 0.3) is 0 Å². The molecule has 1 aromatic carbocycles. The summed E-state index contributed by atoms with van der Waals surface area (Å²) in [7, 11) is -2.14. The molecule has 1 aromatic heterocycles. The van der Waals surface area contributed by atoms with Gasteiger partial charge in [-0.05, 0) is 49.7 Å². The molecule has 0 saturated carbocycles. The van der Waals surface area contributed by atoms with Gasteiger partial charge in [-0.3, -0.25) is 9.52 Å². The topological polar surface area (TPSA) is 104 Å². The summed E-state index contributed by atoms with van der Waals surface area (Å²) >= 11 is 0. The Hall–Kier alpha value is -2.68. The average molecular weight is 361 g/mol. The van der Waals surface area contributed by atoms with E-state index >= 15 is 0 Å². The van der Waals surface area contributed by atoms with Crippen molar-refractivity contribution in [2.24, 2.45) is 0 Å². The van der Waals surface area contributed by atoms with Crippen molar-refractivity contribution >= 4 is 33.3 Å². The van der Waals surface area contributed by atoms with Gasteiger partial charge in [-0.2, -0.15) is 0 Å². The molecular formula is C16H19N5O3S. The predicted molar refractivity (Wildman–Crippen MR) is 95.2 cm³/mol. The fourth-order valence-electron chi connectivity index (χ4n) is 2.57. The molecule has 0 atom stereocenters. The molecule has 132 valence electrons. The molecule has 3 rings (SSSR count). The van der Waals surface area contributed by atoms with Gasteiger partial charge >= 0.3 is 0 Å². The van der Waals surface area contributed by atoms with Crippen molar-refractivity contribution in [3.63, 3.8) is 0 Å². The number of benzene rings is 1. The van der Waals surface area contributed by atoms with E-state index in [1.165, 1.54) is 17.0 Å². The Morgan fingerprint density at radius 1 is 1.12 bits per heavy atom. The van der Waals surface area contributed by atoms with Gasteiger partial charge in [-0.25, -0.2) is 8.42 Å². The second kappa shape index (κ2) is 6.32. The monoisotopic (exact) mass is 361 g/mol. The average Bonchev–Trinajstić information content (AvgIpc) is 2.83. The van der Waals surface area contributed by atoms with Crippen molar-refractivity contribution in [2.75, 3.05) is 22.0 Å². The number of nitrogens with zero attached hydrogens (tertiary/aromatic N) is 3. The van der Waals surface area contributed by atoms with Crippen LogP contribution in [0.2, 0.25) is 0 Å². The van der Waals surface area contributed by atoms with Gasteiger partial charge in [0, 0.05) is 18.8 Å². The number of hydrogen-bond donors (Lipinski definition) is 2. The molecule has 2 heterocycles. The predicted octanol–water partition coefficient (Wildman–Crippen LogP) is 1.62. The molecular weight excluding hydrogens is 342 g/mol. The lowest BCUT2D eigenvalue weighted by Gasteiger charge is -2.12. The Morgan fingerprint density at radius 3 is 2.44 bits per heavy atom. The molecule has 1 amide bonds. The number of carbonyl (C=O) groups is 1. The molecule has 0 saturated heterocycles. The molecule has 0 spiro atoms. The zero-order valence-electron chi connectivity index (χ0n) is 14.1. The largest absolute Gasteiger partial charge is 0.366 e. The summed E-state index contributed by atoms with van der Waals surface area (Å²) in [5.41, 5.74) is 1.42. The molecule has 0 bridgehead atoms. The van der Waals surface area contributed by atoms with Crippen molar-refractivity contribution in [3.05, 3.63) is 35.9 Å². The maximum atomic E-state index is 12.5. The lowest BCUT2D eigenvalue weighted by atomic mass is 10.2. The van der Waals surface area contributed by atoms with Crippen LogP contribution in [0.1, 0.15) is 19.4 Å². The van der Waals surface area contributed by atoms with Gasteiger partial charge in [-0.1, -0.05) is 0 Å². The number of hydrogen-bond acceptors (Lipinski definition) is 6. The molecule has 8 nitrogen and oxygen atoms in total. The molecule has 1 aliphatic rings. The van der Waals surface area contributed by atoms with Crippen molar-refractivity contribution in [2.45, 2.75) is 31.2 Å².